The molecule has 0 aliphatic heterocycles. The first-order chi connectivity index (χ1) is 6.82. The third kappa shape index (κ3) is 3.70. The lowest BCUT2D eigenvalue weighted by Crippen LogP contribution is -2.29. The molecule has 1 nitrogen and oxygen atoms in total. The average Bonchev–Trinajstić information content (AvgIpc) is 2.15. The summed E-state index contributed by atoms with van der Waals surface area (Å²) in [6.07, 6.45) is -3.16. The Hall–Kier alpha value is -0.770. The lowest BCUT2D eigenvalue weighted by molar-refractivity contribution is -0.0945. The van der Waals surface area contributed by atoms with Crippen LogP contribution in [-0.2, 0) is 0 Å². The van der Waals surface area contributed by atoms with Crippen LogP contribution in [0, 0.1) is 0 Å². The summed E-state index contributed by atoms with van der Waals surface area (Å²) in [5.41, 5.74) is 6.50. The molecule has 0 saturated carbocycles. The van der Waals surface area contributed by atoms with Gasteiger partial charge in [-0.1, -0.05) is 31.1 Å². The fraction of sp³-hybridized carbons (Fsp3) is 0.636. The maximum absolute atomic E-state index is 12.3. The normalized spacial score (nSPS) is 21.9. The van der Waals surface area contributed by atoms with Crippen molar-refractivity contribution >= 4 is 0 Å². The maximum Gasteiger partial charge on any atom is 0.412 e. The zero-order valence-electron chi connectivity index (χ0n) is 9.57. The van der Waals surface area contributed by atoms with E-state index in [0.29, 0.717) is 5.57 Å². The predicted octanol–water partition coefficient (Wildman–Crippen LogP) is 3.57. The van der Waals surface area contributed by atoms with Gasteiger partial charge >= 0.3 is 6.18 Å². The van der Waals surface area contributed by atoms with Crippen molar-refractivity contribution in [1.82, 2.24) is 0 Å². The van der Waals surface area contributed by atoms with Crippen LogP contribution in [0.3, 0.4) is 0 Å². The molecular formula is C11H18F3N. The number of rotatable bonds is 0. The minimum absolute atomic E-state index is 0.104. The van der Waals surface area contributed by atoms with Gasteiger partial charge in [0.15, 0.2) is 0 Å². The maximum atomic E-state index is 12.3. The van der Waals surface area contributed by atoms with Crippen LogP contribution in [0.1, 0.15) is 34.1 Å². The van der Waals surface area contributed by atoms with Crippen LogP contribution < -0.4 is 5.73 Å². The highest BCUT2D eigenvalue weighted by molar-refractivity contribution is 5.36. The predicted molar refractivity (Wildman–Crippen MR) is 56.5 cm³/mol. The van der Waals surface area contributed by atoms with Gasteiger partial charge < -0.3 is 5.73 Å². The second-order valence-electron chi connectivity index (χ2n) is 3.34. The van der Waals surface area contributed by atoms with Crippen LogP contribution in [0.4, 0.5) is 13.2 Å². The number of halogens is 3. The van der Waals surface area contributed by atoms with E-state index in [9.17, 15) is 13.2 Å². The third-order valence-electron chi connectivity index (χ3n) is 2.37. The Balaban J connectivity index is 0.000000921. The van der Waals surface area contributed by atoms with Crippen molar-refractivity contribution < 1.29 is 13.2 Å². The van der Waals surface area contributed by atoms with Crippen molar-refractivity contribution in [1.29, 1.82) is 0 Å². The molecule has 0 bridgehead atoms. The van der Waals surface area contributed by atoms with E-state index in [1.807, 2.05) is 13.8 Å². The minimum Gasteiger partial charge on any atom is -0.324 e. The van der Waals surface area contributed by atoms with Crippen LogP contribution in [0.2, 0.25) is 0 Å². The van der Waals surface area contributed by atoms with Crippen LogP contribution in [0.5, 0.6) is 0 Å². The van der Waals surface area contributed by atoms with E-state index in [4.69, 9.17) is 5.73 Å². The van der Waals surface area contributed by atoms with Gasteiger partial charge in [0.25, 0.3) is 0 Å². The van der Waals surface area contributed by atoms with E-state index in [-0.39, 0.29) is 6.42 Å². The second kappa shape index (κ2) is 5.35. The molecule has 4 heteroatoms. The SMILES string of the molecule is CC.CC1=C(C)C(N)CC(C(F)(F)F)=C1. The van der Waals surface area contributed by atoms with Gasteiger partial charge in [-0.25, -0.2) is 0 Å². The first-order valence-corrected chi connectivity index (χ1v) is 5.03. The third-order valence-corrected chi connectivity index (χ3v) is 2.37. The molecule has 0 aromatic rings. The molecule has 0 amide bonds. The molecule has 88 valence electrons. The highest BCUT2D eigenvalue weighted by atomic mass is 19.4. The number of allylic oxidation sites excluding steroid dienone is 2. The smallest absolute Gasteiger partial charge is 0.324 e. The summed E-state index contributed by atoms with van der Waals surface area (Å²) in [4.78, 5) is 0. The standard InChI is InChI=1S/C9H12F3N.C2H6/c1-5-3-7(9(10,11)12)4-8(13)6(5)2;1-2/h3,8H,4,13H2,1-2H3;1-2H3. The average molecular weight is 221 g/mol. The van der Waals surface area contributed by atoms with Gasteiger partial charge in [-0.05, 0) is 20.3 Å². The summed E-state index contributed by atoms with van der Waals surface area (Å²) in [6.45, 7) is 7.42. The molecule has 2 N–H and O–H groups in total. The van der Waals surface area contributed by atoms with Gasteiger partial charge in [0.05, 0.1) is 0 Å². The van der Waals surface area contributed by atoms with Crippen molar-refractivity contribution in [3.8, 4) is 0 Å². The Morgan fingerprint density at radius 1 is 1.27 bits per heavy atom. The van der Waals surface area contributed by atoms with Crippen LogP contribution >= 0.6 is 0 Å². The molecule has 0 aromatic carbocycles. The lowest BCUT2D eigenvalue weighted by atomic mass is 9.90. The first kappa shape index (κ1) is 14.2. The summed E-state index contributed by atoms with van der Waals surface area (Å²) >= 11 is 0. The molecule has 0 heterocycles. The van der Waals surface area contributed by atoms with Gasteiger partial charge in [0.1, 0.15) is 0 Å². The van der Waals surface area contributed by atoms with Crippen molar-refractivity contribution in [3.63, 3.8) is 0 Å². The van der Waals surface area contributed by atoms with E-state index in [2.05, 4.69) is 0 Å². The van der Waals surface area contributed by atoms with Crippen molar-refractivity contribution in [2.75, 3.05) is 0 Å². The zero-order valence-corrected chi connectivity index (χ0v) is 9.57. The fourth-order valence-corrected chi connectivity index (χ4v) is 1.31. The van der Waals surface area contributed by atoms with Crippen LogP contribution in [0.25, 0.3) is 0 Å². The minimum atomic E-state index is -4.24. The summed E-state index contributed by atoms with van der Waals surface area (Å²) in [5.74, 6) is 0. The van der Waals surface area contributed by atoms with Crippen molar-refractivity contribution in [3.05, 3.63) is 22.8 Å². The van der Waals surface area contributed by atoms with Gasteiger partial charge in [-0.2, -0.15) is 13.2 Å². The van der Waals surface area contributed by atoms with Gasteiger partial charge in [-0.3, -0.25) is 0 Å². The summed E-state index contributed by atoms with van der Waals surface area (Å²) in [6, 6.07) is -0.485. The summed E-state index contributed by atoms with van der Waals surface area (Å²) in [7, 11) is 0. The molecule has 1 unspecified atom stereocenters. The van der Waals surface area contributed by atoms with Gasteiger partial charge in [0.2, 0.25) is 0 Å². The Labute approximate surface area is 88.8 Å². The molecule has 1 rings (SSSR count). The van der Waals surface area contributed by atoms with E-state index in [0.717, 1.165) is 5.57 Å². The molecule has 1 atom stereocenters. The Morgan fingerprint density at radius 3 is 2.07 bits per heavy atom. The van der Waals surface area contributed by atoms with Gasteiger partial charge in [-0.15, -0.1) is 0 Å². The Morgan fingerprint density at radius 2 is 1.73 bits per heavy atom. The summed E-state index contributed by atoms with van der Waals surface area (Å²) < 4.78 is 36.8. The highest BCUT2D eigenvalue weighted by Gasteiger charge is 2.36. The molecule has 1 aliphatic rings. The van der Waals surface area contributed by atoms with E-state index >= 15 is 0 Å². The van der Waals surface area contributed by atoms with E-state index in [1.165, 1.54) is 6.08 Å². The highest BCUT2D eigenvalue weighted by Crippen LogP contribution is 2.34. The molecule has 1 aliphatic carbocycles. The molecule has 0 fully saturated rings. The molecular weight excluding hydrogens is 203 g/mol. The number of hydrogen-bond acceptors (Lipinski definition) is 1. The molecule has 0 aromatic heterocycles. The fourth-order valence-electron chi connectivity index (χ4n) is 1.31. The molecule has 0 spiro atoms. The van der Waals surface area contributed by atoms with Crippen LogP contribution in [-0.4, -0.2) is 12.2 Å². The summed E-state index contributed by atoms with van der Waals surface area (Å²) in [5, 5.41) is 0. The zero-order chi connectivity index (χ0) is 12.2. The molecule has 15 heavy (non-hydrogen) atoms. The topological polar surface area (TPSA) is 26.0 Å². The van der Waals surface area contributed by atoms with E-state index in [1.54, 1.807) is 13.8 Å². The van der Waals surface area contributed by atoms with Crippen molar-refractivity contribution in [2.45, 2.75) is 46.3 Å². The molecule has 0 radical (unpaired) electrons. The van der Waals surface area contributed by atoms with Crippen molar-refractivity contribution in [2.24, 2.45) is 5.73 Å². The lowest BCUT2D eigenvalue weighted by Gasteiger charge is -2.23. The van der Waals surface area contributed by atoms with Crippen LogP contribution in [0.15, 0.2) is 22.8 Å². The Kier molecular flexibility index (Phi) is 5.08. The van der Waals surface area contributed by atoms with Gasteiger partial charge in [0, 0.05) is 11.6 Å². The first-order valence-electron chi connectivity index (χ1n) is 5.03. The largest absolute Gasteiger partial charge is 0.412 e. The number of nitrogens with two attached hydrogens (primary N) is 1. The Bertz CT molecular complexity index is 274. The number of hydrogen-bond donors (Lipinski definition) is 1. The quantitative estimate of drug-likeness (QED) is 0.665. The second-order valence-corrected chi connectivity index (χ2v) is 3.34. The molecule has 0 saturated heterocycles. The number of alkyl halides is 3. The monoisotopic (exact) mass is 221 g/mol. The van der Waals surface area contributed by atoms with E-state index < -0.39 is 17.8 Å².